The Kier molecular flexibility index (Phi) is 7.35. The number of aromatic nitrogens is 1. The maximum atomic E-state index is 13.7. The lowest BCUT2D eigenvalue weighted by Crippen LogP contribution is -2.59. The van der Waals surface area contributed by atoms with Crippen molar-refractivity contribution in [1.29, 1.82) is 0 Å². The lowest BCUT2D eigenvalue weighted by molar-refractivity contribution is -0.160. The number of β-lactam (4-membered cyclic amide) rings is 1. The Morgan fingerprint density at radius 1 is 1.05 bits per heavy atom. The third-order valence-corrected chi connectivity index (χ3v) is 10.0. The van der Waals surface area contributed by atoms with Crippen LogP contribution in [0.15, 0.2) is 97.2 Å². The van der Waals surface area contributed by atoms with Crippen molar-refractivity contribution in [1.82, 2.24) is 9.88 Å². The molecule has 2 fully saturated rings. The second-order valence-electron chi connectivity index (χ2n) is 10.2. The van der Waals surface area contributed by atoms with Crippen LogP contribution in [0, 0.1) is 0 Å². The number of hydrogen-bond acceptors (Lipinski definition) is 8. The highest BCUT2D eigenvalue weighted by molar-refractivity contribution is 7.94. The van der Waals surface area contributed by atoms with Gasteiger partial charge in [0.15, 0.2) is 27.4 Å². The number of sulfone groups is 1. The maximum Gasteiger partial charge on any atom is 0.338 e. The molecule has 210 valence electrons. The molecule has 2 aromatic carbocycles. The largest absolute Gasteiger partial charge is 0.458 e. The standard InChI is InChI=1S/C31H28N2O7S/c1-4-17-39-29(35)22-15-16-32-23(18-22)19-24-27(34)33-26(31(2,3)41(37,38)28(24)33)30(36)40-25(20-11-7-5-8-12-20)21-13-9-6-10-14-21/h4-16,18-19,25-26,28H,1,17H2,2-3H3/b24-19-/t26-,28+/m0/s1. The first-order valence-corrected chi connectivity index (χ1v) is 14.4. The van der Waals surface area contributed by atoms with E-state index in [-0.39, 0.29) is 23.4 Å². The van der Waals surface area contributed by atoms with E-state index in [2.05, 4.69) is 11.6 Å². The molecule has 2 atom stereocenters. The third-order valence-electron chi connectivity index (χ3n) is 7.28. The van der Waals surface area contributed by atoms with Gasteiger partial charge in [-0.25, -0.2) is 18.0 Å². The molecule has 0 N–H and O–H groups in total. The number of carbonyl (C=O) groups excluding carboxylic acids is 3. The Bertz CT molecular complexity index is 1610. The van der Waals surface area contributed by atoms with Gasteiger partial charge in [-0.15, -0.1) is 0 Å². The molecular formula is C31H28N2O7S. The van der Waals surface area contributed by atoms with Crippen molar-refractivity contribution in [2.24, 2.45) is 0 Å². The summed E-state index contributed by atoms with van der Waals surface area (Å²) >= 11 is 0. The van der Waals surface area contributed by atoms with Crippen molar-refractivity contribution >= 4 is 33.8 Å². The van der Waals surface area contributed by atoms with Crippen LogP contribution in [-0.2, 0) is 28.9 Å². The summed E-state index contributed by atoms with van der Waals surface area (Å²) in [7, 11) is -4.06. The number of nitrogens with zero attached hydrogens (tertiary/aromatic N) is 2. The molecule has 5 rings (SSSR count). The van der Waals surface area contributed by atoms with E-state index in [0.717, 1.165) is 4.90 Å². The van der Waals surface area contributed by atoms with Crippen LogP contribution in [0.1, 0.15) is 47.1 Å². The molecule has 3 aromatic rings. The second-order valence-corrected chi connectivity index (χ2v) is 12.8. The lowest BCUT2D eigenvalue weighted by atomic mass is 9.94. The Morgan fingerprint density at radius 3 is 2.24 bits per heavy atom. The number of fused-ring (bicyclic) bond motifs is 1. The van der Waals surface area contributed by atoms with Crippen LogP contribution in [-0.4, -0.2) is 58.9 Å². The van der Waals surface area contributed by atoms with Crippen LogP contribution in [0.5, 0.6) is 0 Å². The molecule has 2 aliphatic heterocycles. The minimum atomic E-state index is -4.06. The van der Waals surface area contributed by atoms with Gasteiger partial charge >= 0.3 is 11.9 Å². The zero-order valence-corrected chi connectivity index (χ0v) is 23.3. The SMILES string of the molecule is C=CCOC(=O)c1ccnc(/C=C2/C(=O)N3[C@@H](C(=O)OC(c4ccccc4)c4ccccc4)C(C)(C)S(=O)(=O)[C@H]23)c1. The lowest BCUT2D eigenvalue weighted by Gasteiger charge is -2.38. The summed E-state index contributed by atoms with van der Waals surface area (Å²) in [5.74, 6) is -2.06. The zero-order valence-electron chi connectivity index (χ0n) is 22.5. The monoisotopic (exact) mass is 572 g/mol. The van der Waals surface area contributed by atoms with E-state index in [1.165, 1.54) is 44.3 Å². The third kappa shape index (κ3) is 4.84. The fourth-order valence-corrected chi connectivity index (χ4v) is 7.24. The van der Waals surface area contributed by atoms with E-state index in [0.29, 0.717) is 11.1 Å². The van der Waals surface area contributed by atoms with Crippen molar-refractivity contribution < 1.29 is 32.3 Å². The van der Waals surface area contributed by atoms with Gasteiger partial charge in [0.1, 0.15) is 11.4 Å². The first-order chi connectivity index (χ1) is 19.6. The van der Waals surface area contributed by atoms with E-state index < -0.39 is 49.9 Å². The molecule has 0 aliphatic carbocycles. The first-order valence-electron chi connectivity index (χ1n) is 12.9. The average Bonchev–Trinajstić information content (AvgIpc) is 3.13. The smallest absolute Gasteiger partial charge is 0.338 e. The van der Waals surface area contributed by atoms with E-state index in [4.69, 9.17) is 9.47 Å². The van der Waals surface area contributed by atoms with Crippen LogP contribution in [0.25, 0.3) is 6.08 Å². The molecule has 2 aliphatic rings. The van der Waals surface area contributed by atoms with Gasteiger partial charge in [0.2, 0.25) is 0 Å². The van der Waals surface area contributed by atoms with Crippen LogP contribution >= 0.6 is 0 Å². The highest BCUT2D eigenvalue weighted by Gasteiger charge is 2.70. The normalized spacial score (nSPS) is 21.2. The molecule has 0 radical (unpaired) electrons. The van der Waals surface area contributed by atoms with Gasteiger partial charge < -0.3 is 14.4 Å². The van der Waals surface area contributed by atoms with Gasteiger partial charge in [-0.2, -0.15) is 0 Å². The van der Waals surface area contributed by atoms with Crippen LogP contribution in [0.3, 0.4) is 0 Å². The van der Waals surface area contributed by atoms with Gasteiger partial charge in [0.05, 0.1) is 16.8 Å². The summed E-state index contributed by atoms with van der Waals surface area (Å²) in [5.41, 5.74) is 1.75. The number of carbonyl (C=O) groups is 3. The summed E-state index contributed by atoms with van der Waals surface area (Å²) in [6.07, 6.45) is 3.31. The molecule has 1 aromatic heterocycles. The Labute approximate surface area is 238 Å². The van der Waals surface area contributed by atoms with E-state index in [1.807, 2.05) is 60.7 Å². The van der Waals surface area contributed by atoms with Gasteiger partial charge in [-0.1, -0.05) is 73.3 Å². The molecule has 1 amide bonds. The number of benzene rings is 2. The highest BCUT2D eigenvalue weighted by Crippen LogP contribution is 2.49. The van der Waals surface area contributed by atoms with Crippen molar-refractivity contribution in [3.05, 3.63) is 120 Å². The Morgan fingerprint density at radius 2 is 1.66 bits per heavy atom. The molecule has 41 heavy (non-hydrogen) atoms. The number of amides is 1. The summed E-state index contributed by atoms with van der Waals surface area (Å²) in [6.45, 7) is 6.37. The molecule has 0 unspecified atom stereocenters. The zero-order chi connectivity index (χ0) is 29.4. The predicted molar refractivity (Wildman–Crippen MR) is 151 cm³/mol. The van der Waals surface area contributed by atoms with Gasteiger partial charge in [-0.3, -0.25) is 9.78 Å². The molecule has 10 heteroatoms. The van der Waals surface area contributed by atoms with Crippen LogP contribution in [0.4, 0.5) is 0 Å². The van der Waals surface area contributed by atoms with Crippen molar-refractivity contribution in [3.63, 3.8) is 0 Å². The number of hydrogen-bond donors (Lipinski definition) is 0. The van der Waals surface area contributed by atoms with Crippen molar-refractivity contribution in [2.75, 3.05) is 6.61 Å². The number of rotatable bonds is 8. The second kappa shape index (κ2) is 10.8. The Balaban J connectivity index is 1.46. The highest BCUT2D eigenvalue weighted by atomic mass is 32.2. The number of pyridine rings is 1. The summed E-state index contributed by atoms with van der Waals surface area (Å²) in [6, 6.07) is 19.7. The van der Waals surface area contributed by atoms with E-state index in [9.17, 15) is 22.8 Å². The Hall–Kier alpha value is -4.57. The van der Waals surface area contributed by atoms with Crippen molar-refractivity contribution in [3.8, 4) is 0 Å². The minimum absolute atomic E-state index is 0.0211. The quantitative estimate of drug-likeness (QED) is 0.173. The molecule has 0 spiro atoms. The molecule has 3 heterocycles. The fraction of sp³-hybridized carbons (Fsp3) is 0.226. The van der Waals surface area contributed by atoms with Gasteiger partial charge in [0, 0.05) is 6.20 Å². The number of ether oxygens (including phenoxy) is 2. The number of esters is 2. The molecule has 0 saturated carbocycles. The van der Waals surface area contributed by atoms with E-state index in [1.54, 1.807) is 0 Å². The maximum absolute atomic E-state index is 13.7. The molecule has 2 saturated heterocycles. The predicted octanol–water partition coefficient (Wildman–Crippen LogP) is 3.88. The van der Waals surface area contributed by atoms with Crippen molar-refractivity contribution in [2.45, 2.75) is 36.1 Å². The first kappa shape index (κ1) is 28.0. The summed E-state index contributed by atoms with van der Waals surface area (Å²) in [5, 5.41) is -1.35. The fourth-order valence-electron chi connectivity index (χ4n) is 5.12. The summed E-state index contributed by atoms with van der Waals surface area (Å²) < 4.78 is 36.8. The van der Waals surface area contributed by atoms with Gasteiger partial charge in [-0.05, 0) is 43.2 Å². The van der Waals surface area contributed by atoms with Gasteiger partial charge in [0.25, 0.3) is 5.91 Å². The minimum Gasteiger partial charge on any atom is -0.458 e. The van der Waals surface area contributed by atoms with Crippen LogP contribution in [0.2, 0.25) is 0 Å². The average molecular weight is 573 g/mol. The molecule has 0 bridgehead atoms. The van der Waals surface area contributed by atoms with Crippen LogP contribution < -0.4 is 0 Å². The van der Waals surface area contributed by atoms with E-state index >= 15 is 0 Å². The molecule has 9 nitrogen and oxygen atoms in total. The summed E-state index contributed by atoms with van der Waals surface area (Å²) in [4.78, 5) is 44.6. The molecular weight excluding hydrogens is 544 g/mol. The topological polar surface area (TPSA) is 120 Å².